The third-order valence-electron chi connectivity index (χ3n) is 5.61. The molecule has 4 aromatic rings. The van der Waals surface area contributed by atoms with Crippen molar-refractivity contribution in [3.8, 4) is 11.8 Å². The lowest BCUT2D eigenvalue weighted by Gasteiger charge is -2.12. The average molecular weight is 420 g/mol. The Morgan fingerprint density at radius 2 is 1.59 bits per heavy atom. The van der Waals surface area contributed by atoms with Gasteiger partial charge < -0.3 is 9.88 Å². The predicted molar refractivity (Wildman–Crippen MR) is 131 cm³/mol. The lowest BCUT2D eigenvalue weighted by molar-refractivity contribution is -0.112. The summed E-state index contributed by atoms with van der Waals surface area (Å²) in [5, 5.41) is 14.7. The van der Waals surface area contributed by atoms with Gasteiger partial charge in [-0.05, 0) is 91.6 Å². The highest BCUT2D eigenvalue weighted by atomic mass is 16.1. The van der Waals surface area contributed by atoms with E-state index in [1.807, 2.05) is 62.4 Å². The molecule has 1 heterocycles. The summed E-state index contributed by atoms with van der Waals surface area (Å²) in [7, 11) is 0. The molecule has 4 heteroatoms. The molecular weight excluding hydrogens is 394 g/mol. The number of aryl methyl sites for hydroxylation is 3. The van der Waals surface area contributed by atoms with Crippen LogP contribution < -0.4 is 5.32 Å². The second kappa shape index (κ2) is 8.56. The van der Waals surface area contributed by atoms with Crippen molar-refractivity contribution >= 4 is 28.4 Å². The molecule has 0 radical (unpaired) electrons. The Hall–Kier alpha value is -4.10. The average Bonchev–Trinajstić information content (AvgIpc) is 3.03. The van der Waals surface area contributed by atoms with E-state index in [0.717, 1.165) is 33.4 Å². The molecule has 32 heavy (non-hydrogen) atoms. The number of amides is 1. The quantitative estimate of drug-likeness (QED) is 0.307. The molecule has 0 aliphatic rings. The smallest absolute Gasteiger partial charge is 0.266 e. The van der Waals surface area contributed by atoms with Crippen molar-refractivity contribution in [1.82, 2.24) is 4.57 Å². The van der Waals surface area contributed by atoms with Crippen molar-refractivity contribution in [1.29, 1.82) is 5.26 Å². The minimum Gasteiger partial charge on any atom is -0.321 e. The van der Waals surface area contributed by atoms with Gasteiger partial charge in [-0.1, -0.05) is 36.4 Å². The zero-order valence-electron chi connectivity index (χ0n) is 18.7. The number of hydrogen-bond acceptors (Lipinski definition) is 2. The number of nitrogens with zero attached hydrogens (tertiary/aromatic N) is 2. The number of carbonyl (C=O) groups excluding carboxylic acids is 1. The minimum atomic E-state index is -0.418. The van der Waals surface area contributed by atoms with E-state index in [2.05, 4.69) is 48.0 Å². The van der Waals surface area contributed by atoms with Crippen LogP contribution in [0.5, 0.6) is 0 Å². The van der Waals surface area contributed by atoms with Gasteiger partial charge >= 0.3 is 0 Å². The van der Waals surface area contributed by atoms with Crippen LogP contribution in [0.2, 0.25) is 0 Å². The van der Waals surface area contributed by atoms with Crippen LogP contribution in [0.15, 0.2) is 72.3 Å². The fraction of sp³-hybridized carbons (Fsp3) is 0.143. The second-order valence-corrected chi connectivity index (χ2v) is 8.19. The van der Waals surface area contributed by atoms with Crippen molar-refractivity contribution in [2.45, 2.75) is 27.7 Å². The van der Waals surface area contributed by atoms with Crippen molar-refractivity contribution in [2.75, 3.05) is 5.32 Å². The maximum Gasteiger partial charge on any atom is 0.266 e. The highest BCUT2D eigenvalue weighted by molar-refractivity contribution is 6.10. The number of rotatable bonds is 4. The van der Waals surface area contributed by atoms with Gasteiger partial charge in [-0.15, -0.1) is 0 Å². The Morgan fingerprint density at radius 3 is 2.28 bits per heavy atom. The lowest BCUT2D eigenvalue weighted by Crippen LogP contribution is -2.13. The zero-order chi connectivity index (χ0) is 22.8. The van der Waals surface area contributed by atoms with Gasteiger partial charge in [-0.3, -0.25) is 4.79 Å². The predicted octanol–water partition coefficient (Wildman–Crippen LogP) is 6.41. The van der Waals surface area contributed by atoms with Crippen LogP contribution in [0.3, 0.4) is 0 Å². The topological polar surface area (TPSA) is 57.8 Å². The Labute approximate surface area is 188 Å². The molecule has 0 bridgehead atoms. The monoisotopic (exact) mass is 419 g/mol. The van der Waals surface area contributed by atoms with E-state index in [0.29, 0.717) is 5.69 Å². The van der Waals surface area contributed by atoms with Crippen molar-refractivity contribution in [2.24, 2.45) is 0 Å². The molecule has 158 valence electrons. The highest BCUT2D eigenvalue weighted by Crippen LogP contribution is 2.25. The maximum atomic E-state index is 12.8. The number of nitriles is 1. The van der Waals surface area contributed by atoms with Crippen LogP contribution in [0.25, 0.3) is 22.5 Å². The summed E-state index contributed by atoms with van der Waals surface area (Å²) in [5.41, 5.74) is 7.08. The number of anilines is 1. The van der Waals surface area contributed by atoms with E-state index < -0.39 is 5.91 Å². The second-order valence-electron chi connectivity index (χ2n) is 8.19. The summed E-state index contributed by atoms with van der Waals surface area (Å²) in [4.78, 5) is 12.8. The Balaban J connectivity index is 1.65. The largest absolute Gasteiger partial charge is 0.321 e. The van der Waals surface area contributed by atoms with Crippen LogP contribution in [-0.2, 0) is 4.79 Å². The molecule has 0 spiro atoms. The molecule has 0 saturated heterocycles. The fourth-order valence-corrected chi connectivity index (χ4v) is 4.18. The zero-order valence-corrected chi connectivity index (χ0v) is 18.7. The maximum absolute atomic E-state index is 12.8. The van der Waals surface area contributed by atoms with Crippen LogP contribution >= 0.6 is 0 Å². The molecule has 1 amide bonds. The van der Waals surface area contributed by atoms with Gasteiger partial charge in [0.15, 0.2) is 0 Å². The molecule has 1 N–H and O–H groups in total. The van der Waals surface area contributed by atoms with Gasteiger partial charge in [0.2, 0.25) is 0 Å². The normalized spacial score (nSPS) is 11.4. The Morgan fingerprint density at radius 1 is 0.906 bits per heavy atom. The highest BCUT2D eigenvalue weighted by Gasteiger charge is 2.14. The summed E-state index contributed by atoms with van der Waals surface area (Å²) in [6, 6.07) is 24.2. The molecular formula is C28H25N3O. The van der Waals surface area contributed by atoms with Crippen molar-refractivity contribution in [3.63, 3.8) is 0 Å². The fourth-order valence-electron chi connectivity index (χ4n) is 4.18. The first-order valence-electron chi connectivity index (χ1n) is 10.6. The molecule has 0 aliphatic carbocycles. The molecule has 0 atom stereocenters. The summed E-state index contributed by atoms with van der Waals surface area (Å²) in [5.74, 6) is -0.418. The first-order chi connectivity index (χ1) is 15.4. The number of hydrogen-bond donors (Lipinski definition) is 1. The minimum absolute atomic E-state index is 0.0684. The van der Waals surface area contributed by atoms with Gasteiger partial charge in [0.25, 0.3) is 5.91 Å². The Kier molecular flexibility index (Phi) is 5.66. The third-order valence-corrected chi connectivity index (χ3v) is 5.61. The third kappa shape index (κ3) is 4.19. The molecule has 0 aliphatic heterocycles. The van der Waals surface area contributed by atoms with Gasteiger partial charge in [0.1, 0.15) is 11.6 Å². The van der Waals surface area contributed by atoms with E-state index in [1.165, 1.54) is 11.1 Å². The number of benzene rings is 3. The molecule has 4 nitrogen and oxygen atoms in total. The SMILES string of the molecule is Cc1cc(C)cc(-n2c(C)cc(C=C(C#N)C(=O)Nc3ccc4ccccc4c3)c2C)c1. The molecule has 4 rings (SSSR count). The summed E-state index contributed by atoms with van der Waals surface area (Å²) in [6.07, 6.45) is 1.66. The van der Waals surface area contributed by atoms with Crippen LogP contribution in [0, 0.1) is 39.0 Å². The van der Waals surface area contributed by atoms with E-state index in [4.69, 9.17) is 0 Å². The first kappa shape index (κ1) is 21.1. The van der Waals surface area contributed by atoms with E-state index >= 15 is 0 Å². The molecule has 3 aromatic carbocycles. The molecule has 0 saturated carbocycles. The van der Waals surface area contributed by atoms with Crippen molar-refractivity contribution in [3.05, 3.63) is 100 Å². The van der Waals surface area contributed by atoms with Crippen molar-refractivity contribution < 1.29 is 4.79 Å². The van der Waals surface area contributed by atoms with Gasteiger partial charge in [0, 0.05) is 22.8 Å². The van der Waals surface area contributed by atoms with Crippen LogP contribution in [-0.4, -0.2) is 10.5 Å². The van der Waals surface area contributed by atoms with E-state index in [1.54, 1.807) is 6.08 Å². The first-order valence-corrected chi connectivity index (χ1v) is 10.6. The van der Waals surface area contributed by atoms with Gasteiger partial charge in [-0.25, -0.2) is 0 Å². The lowest BCUT2D eigenvalue weighted by atomic mass is 10.1. The van der Waals surface area contributed by atoms with Gasteiger partial charge in [-0.2, -0.15) is 5.26 Å². The summed E-state index contributed by atoms with van der Waals surface area (Å²) < 4.78 is 2.15. The Bertz CT molecular complexity index is 1400. The van der Waals surface area contributed by atoms with Crippen LogP contribution in [0.1, 0.15) is 28.1 Å². The number of aromatic nitrogens is 1. The van der Waals surface area contributed by atoms with E-state index in [-0.39, 0.29) is 5.57 Å². The number of carbonyl (C=O) groups is 1. The summed E-state index contributed by atoms with van der Waals surface area (Å²) >= 11 is 0. The van der Waals surface area contributed by atoms with Crippen LogP contribution in [0.4, 0.5) is 5.69 Å². The molecule has 1 aromatic heterocycles. The molecule has 0 unspecified atom stereocenters. The molecule has 0 fully saturated rings. The van der Waals surface area contributed by atoms with E-state index in [9.17, 15) is 10.1 Å². The number of nitrogens with one attached hydrogen (secondary N) is 1. The number of fused-ring (bicyclic) bond motifs is 1. The summed E-state index contributed by atoms with van der Waals surface area (Å²) in [6.45, 7) is 8.20. The van der Waals surface area contributed by atoms with Gasteiger partial charge in [0.05, 0.1) is 0 Å². The standard InChI is InChI=1S/C28H25N3O/c1-18-11-19(2)13-27(12-18)31-20(3)14-24(21(31)4)15-25(17-29)28(32)30-26-10-9-22-7-5-6-8-23(22)16-26/h5-16H,1-4H3,(H,30,32).